The van der Waals surface area contributed by atoms with Crippen LogP contribution in [0.3, 0.4) is 0 Å². The predicted octanol–water partition coefficient (Wildman–Crippen LogP) is -1.86. The summed E-state index contributed by atoms with van der Waals surface area (Å²) in [4.78, 5) is 133. The van der Waals surface area contributed by atoms with Crippen LogP contribution in [0.2, 0.25) is 0 Å². The lowest BCUT2D eigenvalue weighted by Gasteiger charge is -2.26. The van der Waals surface area contributed by atoms with Crippen molar-refractivity contribution in [1.29, 1.82) is 0 Å². The minimum atomic E-state index is -1.96. The van der Waals surface area contributed by atoms with E-state index in [-0.39, 0.29) is 40.8 Å². The number of aliphatic hydroxyl groups excluding tert-OH is 2. The van der Waals surface area contributed by atoms with Crippen LogP contribution in [0.5, 0.6) is 0 Å². The Hall–Kier alpha value is -5.43. The third kappa shape index (κ3) is 22.9. The summed E-state index contributed by atoms with van der Waals surface area (Å²) in [6.45, 7) is 0.940. The number of carbonyl (C=O) groups is 11. The van der Waals surface area contributed by atoms with Gasteiger partial charge in [-0.3, -0.25) is 63.6 Å². The Bertz CT molecular complexity index is 1420. The largest absolute Gasteiger partial charge is 0.480 e. The Kier molecular flexibility index (Phi) is 27.8. The molecular formula is C35H57N7O17. The minimum Gasteiger partial charge on any atom is -0.480 e. The second-order valence-electron chi connectivity index (χ2n) is 13.4. The van der Waals surface area contributed by atoms with E-state index in [0.717, 1.165) is 38.5 Å². The average molecular weight is 848 g/mol. The van der Waals surface area contributed by atoms with E-state index in [4.69, 9.17) is 5.21 Å². The Labute approximate surface area is 339 Å². The van der Waals surface area contributed by atoms with Crippen LogP contribution in [0, 0.1) is 0 Å². The van der Waals surface area contributed by atoms with Gasteiger partial charge in [-0.25, -0.2) is 4.79 Å². The molecule has 0 fully saturated rings. The van der Waals surface area contributed by atoms with Crippen molar-refractivity contribution in [2.24, 2.45) is 0 Å². The summed E-state index contributed by atoms with van der Waals surface area (Å²) in [5, 5.41) is 65.2. The molecule has 0 bridgehead atoms. The molecular weight excluding hydrogens is 790 g/mol. The zero-order chi connectivity index (χ0) is 44.9. The highest BCUT2D eigenvalue weighted by Gasteiger charge is 2.33. The zero-order valence-electron chi connectivity index (χ0n) is 32.9. The van der Waals surface area contributed by atoms with Gasteiger partial charge in [0.25, 0.3) is 17.7 Å². The Morgan fingerprint density at radius 1 is 0.525 bits per heavy atom. The molecule has 0 aromatic heterocycles. The van der Waals surface area contributed by atoms with Crippen LogP contribution >= 0.6 is 0 Å². The summed E-state index contributed by atoms with van der Waals surface area (Å²) in [5.74, 6) is -10.1. The average Bonchev–Trinajstić information content (AvgIpc) is 3.21. The van der Waals surface area contributed by atoms with Crippen molar-refractivity contribution in [2.45, 2.75) is 146 Å². The third-order valence-electron chi connectivity index (χ3n) is 8.78. The molecule has 1 unspecified atom stereocenters. The fourth-order valence-corrected chi connectivity index (χ4v) is 5.39. The molecule has 0 aliphatic rings. The highest BCUT2D eigenvalue weighted by Crippen LogP contribution is 2.13. The number of carbonyl (C=O) groups excluding carboxylic acids is 10. The van der Waals surface area contributed by atoms with Crippen molar-refractivity contribution in [3.05, 3.63) is 0 Å². The molecule has 0 spiro atoms. The molecule has 10 amide bonds. The van der Waals surface area contributed by atoms with Gasteiger partial charge < -0.3 is 36.6 Å². The summed E-state index contributed by atoms with van der Waals surface area (Å²) in [7, 11) is 0. The maximum absolute atomic E-state index is 13.5. The molecule has 24 nitrogen and oxygen atoms in total. The zero-order valence-corrected chi connectivity index (χ0v) is 32.9. The second kappa shape index (κ2) is 30.6. The lowest BCUT2D eigenvalue weighted by Crippen LogP contribution is -2.58. The van der Waals surface area contributed by atoms with Crippen molar-refractivity contribution in [3.63, 3.8) is 0 Å². The minimum absolute atomic E-state index is 0.234. The number of hydrogen-bond acceptors (Lipinski definition) is 16. The fraction of sp³-hybridized carbons (Fsp3) is 0.686. The first-order valence-corrected chi connectivity index (χ1v) is 19.1. The molecule has 0 radical (unpaired) electrons. The van der Waals surface area contributed by atoms with Gasteiger partial charge in [-0.05, 0) is 25.7 Å². The maximum atomic E-state index is 13.5. The molecule has 24 heteroatoms. The van der Waals surface area contributed by atoms with E-state index in [2.05, 4.69) is 17.6 Å². The quantitative estimate of drug-likeness (QED) is 0.0150. The van der Waals surface area contributed by atoms with Crippen LogP contribution in [-0.2, 0) is 52.7 Å². The molecule has 10 N–H and O–H groups in total. The van der Waals surface area contributed by atoms with Crippen LogP contribution in [0.25, 0.3) is 0 Å². The SMILES string of the molecule is CCCCCCCCCCCC(O)CC(=O)N[C@@H](CCC(=O)N(O)C=O)C(=O)N[C@@H](CCC(=O)N(O)C=O)C(=O)N[C@@H](CO)C(=O)N[C@@H](CCC(=O)N(O)C=O)C(=O)O. The van der Waals surface area contributed by atoms with E-state index in [1.165, 1.54) is 12.8 Å². The normalized spacial score (nSPS) is 13.3. The number of hydroxylamine groups is 6. The number of hydrogen-bond donors (Lipinski definition) is 10. The van der Waals surface area contributed by atoms with Crippen molar-refractivity contribution < 1.29 is 83.7 Å². The molecule has 5 atom stereocenters. The molecule has 0 heterocycles. The molecule has 0 saturated carbocycles. The summed E-state index contributed by atoms with van der Waals surface area (Å²) >= 11 is 0. The van der Waals surface area contributed by atoms with E-state index in [1.807, 2.05) is 10.6 Å². The van der Waals surface area contributed by atoms with Crippen LogP contribution in [0.15, 0.2) is 0 Å². The number of carboxylic acid groups (broad SMARTS) is 1. The summed E-state index contributed by atoms with van der Waals surface area (Å²) < 4.78 is 0. The van der Waals surface area contributed by atoms with Gasteiger partial charge in [-0.1, -0.05) is 64.7 Å². The molecule has 59 heavy (non-hydrogen) atoms. The standard InChI is InChI=1S/C35H57N7O17/c1-2-3-4-5-6-7-8-9-10-11-23(47)18-28(48)36-24(12-15-29(49)40(57)20-44)32(52)37-25(13-16-30(50)41(58)21-45)33(53)39-27(19-43)34(54)38-26(35(55)56)14-17-31(51)42(59)22-46/h20-27,43,47,57-59H,2-19H2,1H3,(H,36,48)(H,37,52)(H,38,54)(H,39,53)(H,55,56)/t23?,24-,25-,26-,27-/m0/s1. The molecule has 0 saturated heterocycles. The van der Waals surface area contributed by atoms with E-state index < -0.39 is 129 Å². The Balaban J connectivity index is 5.99. The monoisotopic (exact) mass is 847 g/mol. The van der Waals surface area contributed by atoms with Crippen molar-refractivity contribution in [2.75, 3.05) is 6.61 Å². The number of nitrogens with zero attached hydrogens (tertiary/aromatic N) is 3. The Morgan fingerprint density at radius 2 is 0.881 bits per heavy atom. The Morgan fingerprint density at radius 3 is 1.29 bits per heavy atom. The highest BCUT2D eigenvalue weighted by molar-refractivity contribution is 5.96. The predicted molar refractivity (Wildman–Crippen MR) is 197 cm³/mol. The van der Waals surface area contributed by atoms with E-state index in [9.17, 15) is 78.5 Å². The number of aliphatic carboxylic acids is 1. The molecule has 334 valence electrons. The first kappa shape index (κ1) is 53.6. The van der Waals surface area contributed by atoms with Gasteiger partial charge >= 0.3 is 5.97 Å². The number of imide groups is 3. The smallest absolute Gasteiger partial charge is 0.326 e. The van der Waals surface area contributed by atoms with Crippen LogP contribution < -0.4 is 21.3 Å². The van der Waals surface area contributed by atoms with E-state index in [1.54, 1.807) is 0 Å². The van der Waals surface area contributed by atoms with Gasteiger partial charge in [0, 0.05) is 19.3 Å². The molecule has 0 rings (SSSR count). The lowest BCUT2D eigenvalue weighted by atomic mass is 10.0. The van der Waals surface area contributed by atoms with Crippen LogP contribution in [0.1, 0.15) is 116 Å². The summed E-state index contributed by atoms with van der Waals surface area (Å²) in [6, 6.07) is -7.39. The van der Waals surface area contributed by atoms with Crippen molar-refractivity contribution in [1.82, 2.24) is 36.5 Å². The molecule has 0 aromatic rings. The van der Waals surface area contributed by atoms with Crippen molar-refractivity contribution in [3.8, 4) is 0 Å². The molecule has 0 aliphatic heterocycles. The van der Waals surface area contributed by atoms with Gasteiger partial charge in [-0.2, -0.15) is 15.2 Å². The van der Waals surface area contributed by atoms with Gasteiger partial charge in [0.2, 0.25) is 42.9 Å². The number of nitrogens with one attached hydrogen (secondary N) is 4. The second-order valence-corrected chi connectivity index (χ2v) is 13.4. The van der Waals surface area contributed by atoms with Crippen molar-refractivity contribution >= 4 is 66.5 Å². The summed E-state index contributed by atoms with van der Waals surface area (Å²) in [6.07, 6.45) is 2.74. The summed E-state index contributed by atoms with van der Waals surface area (Å²) in [5.41, 5.74) is 0. The van der Waals surface area contributed by atoms with Gasteiger partial charge in [0.05, 0.1) is 19.1 Å². The van der Waals surface area contributed by atoms with E-state index in [0.29, 0.717) is 6.42 Å². The first-order valence-electron chi connectivity index (χ1n) is 19.1. The van der Waals surface area contributed by atoms with Gasteiger partial charge in [-0.15, -0.1) is 0 Å². The number of rotatable bonds is 33. The molecule has 0 aliphatic carbocycles. The van der Waals surface area contributed by atoms with Crippen LogP contribution in [0.4, 0.5) is 0 Å². The molecule has 0 aromatic carbocycles. The highest BCUT2D eigenvalue weighted by atomic mass is 16.5. The maximum Gasteiger partial charge on any atom is 0.326 e. The number of carboxylic acids is 1. The first-order chi connectivity index (χ1) is 27.9. The number of unbranched alkanes of at least 4 members (excludes halogenated alkanes) is 8. The lowest BCUT2D eigenvalue weighted by molar-refractivity contribution is -0.171. The number of amides is 10. The van der Waals surface area contributed by atoms with Gasteiger partial charge in [0.15, 0.2) is 0 Å². The topological polar surface area (TPSA) is 367 Å². The third-order valence-corrected chi connectivity index (χ3v) is 8.78. The van der Waals surface area contributed by atoms with Crippen LogP contribution in [-0.4, -0.2) is 150 Å². The number of aliphatic hydroxyl groups is 2. The van der Waals surface area contributed by atoms with E-state index >= 15 is 0 Å². The van der Waals surface area contributed by atoms with Gasteiger partial charge in [0.1, 0.15) is 24.2 Å². The fourth-order valence-electron chi connectivity index (χ4n) is 5.39.